The van der Waals surface area contributed by atoms with Gasteiger partial charge >= 0.3 is 0 Å². The molecule has 2 fully saturated rings. The second kappa shape index (κ2) is 10.2. The fourth-order valence-corrected chi connectivity index (χ4v) is 4.51. The first kappa shape index (κ1) is 22.4. The standard InChI is InChI=1S/C23H30N4O5/c28-19-9-8-17(21(29)25-19)27-22(30)16-6-5-7-18(20(16)23(27)31)32-15-4-2-1-3-12-26-13-10-24-11-14-26/h5-7,17,24H,1-4,8-15H2,(H,25,28,29). The van der Waals surface area contributed by atoms with Gasteiger partial charge in [-0.3, -0.25) is 29.4 Å². The van der Waals surface area contributed by atoms with E-state index in [1.165, 1.54) is 0 Å². The summed E-state index contributed by atoms with van der Waals surface area (Å²) in [4.78, 5) is 52.9. The number of unbranched alkanes of at least 4 members (excludes halogenated alkanes) is 3. The van der Waals surface area contributed by atoms with E-state index in [0.717, 1.165) is 63.3 Å². The summed E-state index contributed by atoms with van der Waals surface area (Å²) in [5.74, 6) is -1.68. The minimum absolute atomic E-state index is 0.0990. The van der Waals surface area contributed by atoms with Gasteiger partial charge in [0.25, 0.3) is 11.8 Å². The Hall–Kier alpha value is -2.78. The number of hydrogen-bond acceptors (Lipinski definition) is 7. The van der Waals surface area contributed by atoms with Crippen LogP contribution in [-0.4, -0.2) is 78.8 Å². The number of carbonyl (C=O) groups excluding carboxylic acids is 4. The van der Waals surface area contributed by atoms with Crippen molar-refractivity contribution in [1.29, 1.82) is 0 Å². The zero-order valence-electron chi connectivity index (χ0n) is 18.2. The van der Waals surface area contributed by atoms with Gasteiger partial charge in [-0.15, -0.1) is 0 Å². The van der Waals surface area contributed by atoms with E-state index in [4.69, 9.17) is 4.74 Å². The molecule has 4 amide bonds. The van der Waals surface area contributed by atoms with Crippen LogP contribution in [0.4, 0.5) is 0 Å². The van der Waals surface area contributed by atoms with Gasteiger partial charge in [-0.25, -0.2) is 0 Å². The van der Waals surface area contributed by atoms with Crippen LogP contribution in [0.25, 0.3) is 0 Å². The van der Waals surface area contributed by atoms with E-state index in [-0.39, 0.29) is 29.9 Å². The summed E-state index contributed by atoms with van der Waals surface area (Å²) in [6.45, 7) is 5.95. The first-order valence-corrected chi connectivity index (χ1v) is 11.5. The Morgan fingerprint density at radius 2 is 1.75 bits per heavy atom. The number of imide groups is 2. The van der Waals surface area contributed by atoms with Gasteiger partial charge in [-0.2, -0.15) is 0 Å². The Kier molecular flexibility index (Phi) is 7.16. The SMILES string of the molecule is O=C1CCC(N2C(=O)c3cccc(OCCCCCCN4CCNCC4)c3C2=O)C(=O)N1. The number of benzene rings is 1. The highest BCUT2D eigenvalue weighted by Gasteiger charge is 2.45. The lowest BCUT2D eigenvalue weighted by Crippen LogP contribution is -2.54. The molecule has 172 valence electrons. The van der Waals surface area contributed by atoms with Gasteiger partial charge in [0.05, 0.1) is 17.7 Å². The van der Waals surface area contributed by atoms with Crippen molar-refractivity contribution in [3.8, 4) is 5.75 Å². The highest BCUT2D eigenvalue weighted by atomic mass is 16.5. The summed E-state index contributed by atoms with van der Waals surface area (Å²) in [7, 11) is 0. The minimum Gasteiger partial charge on any atom is -0.493 e. The third-order valence-electron chi connectivity index (χ3n) is 6.27. The monoisotopic (exact) mass is 442 g/mol. The lowest BCUT2D eigenvalue weighted by atomic mass is 10.0. The molecule has 4 rings (SSSR count). The number of ether oxygens (including phenoxy) is 1. The molecule has 0 aromatic heterocycles. The highest BCUT2D eigenvalue weighted by molar-refractivity contribution is 6.24. The number of fused-ring (bicyclic) bond motifs is 1. The first-order valence-electron chi connectivity index (χ1n) is 11.5. The summed E-state index contributed by atoms with van der Waals surface area (Å²) in [6, 6.07) is 3.97. The molecule has 9 nitrogen and oxygen atoms in total. The van der Waals surface area contributed by atoms with Crippen LogP contribution in [0.5, 0.6) is 5.75 Å². The zero-order chi connectivity index (χ0) is 22.5. The topological polar surface area (TPSA) is 108 Å². The first-order chi connectivity index (χ1) is 15.6. The van der Waals surface area contributed by atoms with Crippen molar-refractivity contribution in [2.24, 2.45) is 0 Å². The van der Waals surface area contributed by atoms with Gasteiger partial charge in [0.1, 0.15) is 11.8 Å². The Labute approximate surface area is 187 Å². The van der Waals surface area contributed by atoms with E-state index in [2.05, 4.69) is 15.5 Å². The molecule has 3 aliphatic heterocycles. The number of nitrogens with zero attached hydrogens (tertiary/aromatic N) is 2. The van der Waals surface area contributed by atoms with E-state index < -0.39 is 23.8 Å². The maximum Gasteiger partial charge on any atom is 0.266 e. The lowest BCUT2D eigenvalue weighted by Gasteiger charge is -2.27. The number of carbonyl (C=O) groups is 4. The van der Waals surface area contributed by atoms with Crippen molar-refractivity contribution in [2.45, 2.75) is 44.6 Å². The smallest absolute Gasteiger partial charge is 0.266 e. The van der Waals surface area contributed by atoms with E-state index in [9.17, 15) is 19.2 Å². The molecule has 0 spiro atoms. The zero-order valence-corrected chi connectivity index (χ0v) is 18.2. The fourth-order valence-electron chi connectivity index (χ4n) is 4.51. The molecular formula is C23H30N4O5. The summed E-state index contributed by atoms with van der Waals surface area (Å²) in [5, 5.41) is 5.56. The number of piperidine rings is 1. The average Bonchev–Trinajstić information content (AvgIpc) is 3.05. The molecule has 0 radical (unpaired) electrons. The summed E-state index contributed by atoms with van der Waals surface area (Å²) in [6.07, 6.45) is 4.43. The molecule has 3 aliphatic rings. The molecule has 1 unspecified atom stereocenters. The summed E-state index contributed by atoms with van der Waals surface area (Å²) < 4.78 is 5.87. The highest BCUT2D eigenvalue weighted by Crippen LogP contribution is 2.33. The molecule has 1 atom stereocenters. The third kappa shape index (κ3) is 4.83. The molecule has 9 heteroatoms. The summed E-state index contributed by atoms with van der Waals surface area (Å²) >= 11 is 0. The third-order valence-corrected chi connectivity index (χ3v) is 6.27. The van der Waals surface area contributed by atoms with E-state index in [0.29, 0.717) is 12.4 Å². The molecule has 1 aromatic rings. The van der Waals surface area contributed by atoms with E-state index in [1.807, 2.05) is 0 Å². The van der Waals surface area contributed by atoms with Crippen molar-refractivity contribution in [1.82, 2.24) is 20.4 Å². The van der Waals surface area contributed by atoms with Crippen LogP contribution in [0, 0.1) is 0 Å². The van der Waals surface area contributed by atoms with Crippen molar-refractivity contribution < 1.29 is 23.9 Å². The molecular weight excluding hydrogens is 412 g/mol. The number of hydrogen-bond donors (Lipinski definition) is 2. The van der Waals surface area contributed by atoms with Gasteiger partial charge in [-0.05, 0) is 37.9 Å². The summed E-state index contributed by atoms with van der Waals surface area (Å²) in [5.41, 5.74) is 0.453. The van der Waals surface area contributed by atoms with Gasteiger partial charge in [0.15, 0.2) is 0 Å². The molecule has 3 heterocycles. The Bertz CT molecular complexity index is 896. The molecule has 2 N–H and O–H groups in total. The molecule has 32 heavy (non-hydrogen) atoms. The van der Waals surface area contributed by atoms with E-state index in [1.54, 1.807) is 18.2 Å². The van der Waals surface area contributed by atoms with Gasteiger partial charge in [0.2, 0.25) is 11.8 Å². The van der Waals surface area contributed by atoms with Crippen LogP contribution in [0.3, 0.4) is 0 Å². The lowest BCUT2D eigenvalue weighted by molar-refractivity contribution is -0.136. The van der Waals surface area contributed by atoms with Gasteiger partial charge < -0.3 is 15.0 Å². The van der Waals surface area contributed by atoms with Crippen LogP contribution in [0.2, 0.25) is 0 Å². The second-order valence-electron chi connectivity index (χ2n) is 8.48. The quantitative estimate of drug-likeness (QED) is 0.433. The number of piperazine rings is 1. The molecule has 0 bridgehead atoms. The number of amides is 4. The molecule has 2 saturated heterocycles. The van der Waals surface area contributed by atoms with Crippen molar-refractivity contribution in [3.05, 3.63) is 29.3 Å². The predicted octanol–water partition coefficient (Wildman–Crippen LogP) is 0.932. The van der Waals surface area contributed by atoms with Crippen LogP contribution < -0.4 is 15.4 Å². The molecule has 0 saturated carbocycles. The second-order valence-corrected chi connectivity index (χ2v) is 8.48. The molecule has 1 aromatic carbocycles. The van der Waals surface area contributed by atoms with Crippen LogP contribution in [0.15, 0.2) is 18.2 Å². The van der Waals surface area contributed by atoms with Crippen molar-refractivity contribution >= 4 is 23.6 Å². The minimum atomic E-state index is -0.969. The largest absolute Gasteiger partial charge is 0.493 e. The Balaban J connectivity index is 1.28. The number of rotatable bonds is 9. The normalized spacial score (nSPS) is 21.6. The maximum absolute atomic E-state index is 13.0. The number of nitrogens with one attached hydrogen (secondary N) is 2. The maximum atomic E-state index is 13.0. The predicted molar refractivity (Wildman–Crippen MR) is 116 cm³/mol. The average molecular weight is 443 g/mol. The fraction of sp³-hybridized carbons (Fsp3) is 0.565. The van der Waals surface area contributed by atoms with Crippen LogP contribution >= 0.6 is 0 Å². The van der Waals surface area contributed by atoms with Crippen LogP contribution in [0.1, 0.15) is 59.2 Å². The van der Waals surface area contributed by atoms with E-state index >= 15 is 0 Å². The van der Waals surface area contributed by atoms with Crippen molar-refractivity contribution in [3.63, 3.8) is 0 Å². The Morgan fingerprint density at radius 1 is 0.969 bits per heavy atom. The van der Waals surface area contributed by atoms with Crippen molar-refractivity contribution in [2.75, 3.05) is 39.3 Å². The van der Waals surface area contributed by atoms with Gasteiger partial charge in [-0.1, -0.05) is 18.9 Å². The van der Waals surface area contributed by atoms with Crippen LogP contribution in [-0.2, 0) is 9.59 Å². The molecule has 0 aliphatic carbocycles. The Morgan fingerprint density at radius 3 is 2.53 bits per heavy atom. The van der Waals surface area contributed by atoms with Gasteiger partial charge in [0, 0.05) is 32.6 Å².